The van der Waals surface area contributed by atoms with E-state index in [1.54, 1.807) is 11.3 Å². The van der Waals surface area contributed by atoms with Crippen molar-refractivity contribution in [2.75, 3.05) is 0 Å². The maximum Gasteiger partial charge on any atom is 0.124 e. The third-order valence-electron chi connectivity index (χ3n) is 3.92. The zero-order valence-corrected chi connectivity index (χ0v) is 14.2. The number of hydrogen-bond acceptors (Lipinski definition) is 2. The van der Waals surface area contributed by atoms with E-state index < -0.39 is 0 Å². The van der Waals surface area contributed by atoms with Crippen molar-refractivity contribution < 1.29 is 0 Å². The molecule has 4 aromatic rings. The molecule has 3 heteroatoms. The highest BCUT2D eigenvalue weighted by molar-refractivity contribution is 7.18. The normalized spacial score (nSPS) is 11.0. The second-order valence-electron chi connectivity index (χ2n) is 5.47. The molecule has 0 aliphatic rings. The van der Waals surface area contributed by atoms with Crippen LogP contribution in [-0.4, -0.2) is 4.98 Å². The van der Waals surface area contributed by atoms with Gasteiger partial charge in [0.1, 0.15) is 5.01 Å². The van der Waals surface area contributed by atoms with Crippen LogP contribution in [-0.2, 0) is 0 Å². The van der Waals surface area contributed by atoms with Gasteiger partial charge in [0.25, 0.3) is 0 Å². The van der Waals surface area contributed by atoms with Gasteiger partial charge in [-0.3, -0.25) is 0 Å². The summed E-state index contributed by atoms with van der Waals surface area (Å²) in [6, 6.07) is 22.8. The molecule has 23 heavy (non-hydrogen) atoms. The van der Waals surface area contributed by atoms with Gasteiger partial charge in [-0.15, -0.1) is 11.3 Å². The Balaban J connectivity index is 1.87. The zero-order valence-electron chi connectivity index (χ0n) is 12.6. The summed E-state index contributed by atoms with van der Waals surface area (Å²) in [4.78, 5) is 6.01. The number of fused-ring (bicyclic) bond motifs is 1. The number of aromatic nitrogens is 1. The largest absolute Gasteiger partial charge is 0.241 e. The van der Waals surface area contributed by atoms with Crippen molar-refractivity contribution in [3.63, 3.8) is 0 Å². The molecular formula is C20H14ClNS. The van der Waals surface area contributed by atoms with Crippen LogP contribution in [0.1, 0.15) is 5.69 Å². The fraction of sp³-hybridized carbons (Fsp3) is 0.0500. The summed E-state index contributed by atoms with van der Waals surface area (Å²) in [6.07, 6.45) is 0. The summed E-state index contributed by atoms with van der Waals surface area (Å²) in [5.41, 5.74) is 3.41. The molecule has 0 aliphatic heterocycles. The lowest BCUT2D eigenvalue weighted by molar-refractivity contribution is 1.27. The van der Waals surface area contributed by atoms with E-state index in [9.17, 15) is 0 Å². The fourth-order valence-electron chi connectivity index (χ4n) is 2.79. The molecule has 1 nitrogen and oxygen atoms in total. The van der Waals surface area contributed by atoms with Crippen molar-refractivity contribution in [3.05, 3.63) is 77.4 Å². The smallest absolute Gasteiger partial charge is 0.124 e. The quantitative estimate of drug-likeness (QED) is 0.402. The summed E-state index contributed by atoms with van der Waals surface area (Å²) in [7, 11) is 0. The summed E-state index contributed by atoms with van der Waals surface area (Å²) < 4.78 is 0. The SMILES string of the molecule is Cc1nc(-c2cccc3ccccc23)sc1-c1ccc(Cl)cc1. The standard InChI is InChI=1S/C20H14ClNS/c1-13-19(15-9-11-16(21)12-10-15)23-20(22-13)18-8-4-6-14-5-2-3-7-17(14)18/h2-12H,1H3. The van der Waals surface area contributed by atoms with E-state index in [0.29, 0.717) is 0 Å². The van der Waals surface area contributed by atoms with E-state index in [4.69, 9.17) is 16.6 Å². The minimum absolute atomic E-state index is 0.755. The minimum atomic E-state index is 0.755. The molecule has 0 bridgehead atoms. The highest BCUT2D eigenvalue weighted by Crippen LogP contribution is 2.38. The predicted octanol–water partition coefficient (Wildman–Crippen LogP) is 6.59. The average molecular weight is 336 g/mol. The van der Waals surface area contributed by atoms with Gasteiger partial charge in [-0.2, -0.15) is 0 Å². The van der Waals surface area contributed by atoms with Crippen molar-refractivity contribution in [1.82, 2.24) is 4.98 Å². The van der Waals surface area contributed by atoms with Crippen LogP contribution in [0.2, 0.25) is 5.02 Å². The molecular weight excluding hydrogens is 322 g/mol. The average Bonchev–Trinajstić information content (AvgIpc) is 2.97. The van der Waals surface area contributed by atoms with Crippen LogP contribution in [0.25, 0.3) is 31.8 Å². The van der Waals surface area contributed by atoms with Crippen molar-refractivity contribution >= 4 is 33.7 Å². The molecule has 0 saturated heterocycles. The second kappa shape index (κ2) is 5.80. The summed E-state index contributed by atoms with van der Waals surface area (Å²) in [5, 5.41) is 4.30. The topological polar surface area (TPSA) is 12.9 Å². The number of rotatable bonds is 2. The van der Waals surface area contributed by atoms with Gasteiger partial charge >= 0.3 is 0 Å². The molecule has 0 fully saturated rings. The molecule has 3 aromatic carbocycles. The van der Waals surface area contributed by atoms with E-state index >= 15 is 0 Å². The zero-order chi connectivity index (χ0) is 15.8. The van der Waals surface area contributed by atoms with Gasteiger partial charge in [0.15, 0.2) is 0 Å². The van der Waals surface area contributed by atoms with Crippen molar-refractivity contribution in [1.29, 1.82) is 0 Å². The van der Waals surface area contributed by atoms with E-state index in [-0.39, 0.29) is 0 Å². The lowest BCUT2D eigenvalue weighted by Gasteiger charge is -2.03. The Morgan fingerprint density at radius 2 is 1.61 bits per heavy atom. The van der Waals surface area contributed by atoms with Crippen molar-refractivity contribution in [2.24, 2.45) is 0 Å². The molecule has 0 saturated carbocycles. The van der Waals surface area contributed by atoms with E-state index in [1.807, 2.05) is 12.1 Å². The van der Waals surface area contributed by atoms with Crippen LogP contribution in [0, 0.1) is 6.92 Å². The Hall–Kier alpha value is -2.16. The van der Waals surface area contributed by atoms with E-state index in [2.05, 4.69) is 61.5 Å². The first-order valence-electron chi connectivity index (χ1n) is 7.44. The van der Waals surface area contributed by atoms with Gasteiger partial charge in [-0.1, -0.05) is 66.2 Å². The van der Waals surface area contributed by atoms with Crippen LogP contribution in [0.3, 0.4) is 0 Å². The molecule has 112 valence electrons. The number of hydrogen-bond donors (Lipinski definition) is 0. The maximum absolute atomic E-state index is 5.99. The van der Waals surface area contributed by atoms with Gasteiger partial charge in [-0.25, -0.2) is 4.98 Å². The monoisotopic (exact) mass is 335 g/mol. The first kappa shape index (κ1) is 14.4. The first-order valence-corrected chi connectivity index (χ1v) is 8.63. The van der Waals surface area contributed by atoms with Gasteiger partial charge in [0, 0.05) is 10.6 Å². The Labute approximate surface area is 144 Å². The molecule has 0 aliphatic carbocycles. The molecule has 0 radical (unpaired) electrons. The van der Waals surface area contributed by atoms with Gasteiger partial charge in [0.2, 0.25) is 0 Å². The summed E-state index contributed by atoms with van der Waals surface area (Å²) in [6.45, 7) is 2.06. The Morgan fingerprint density at radius 1 is 0.870 bits per heavy atom. The molecule has 0 atom stereocenters. The number of halogens is 1. The Morgan fingerprint density at radius 3 is 2.43 bits per heavy atom. The molecule has 1 aromatic heterocycles. The lowest BCUT2D eigenvalue weighted by Crippen LogP contribution is -1.80. The fourth-order valence-corrected chi connectivity index (χ4v) is 4.03. The highest BCUT2D eigenvalue weighted by Gasteiger charge is 2.13. The second-order valence-corrected chi connectivity index (χ2v) is 6.90. The van der Waals surface area contributed by atoms with E-state index in [1.165, 1.54) is 21.2 Å². The third-order valence-corrected chi connectivity index (χ3v) is 5.41. The number of aryl methyl sites for hydroxylation is 1. The summed E-state index contributed by atoms with van der Waals surface area (Å²) >= 11 is 7.73. The highest BCUT2D eigenvalue weighted by atomic mass is 35.5. The Kier molecular flexibility index (Phi) is 3.64. The van der Waals surface area contributed by atoms with Crippen LogP contribution in [0.5, 0.6) is 0 Å². The van der Waals surface area contributed by atoms with Gasteiger partial charge < -0.3 is 0 Å². The first-order chi connectivity index (χ1) is 11.2. The molecule has 1 heterocycles. The van der Waals surface area contributed by atoms with Gasteiger partial charge in [-0.05, 0) is 35.4 Å². The predicted molar refractivity (Wildman–Crippen MR) is 100 cm³/mol. The van der Waals surface area contributed by atoms with Gasteiger partial charge in [0.05, 0.1) is 10.6 Å². The maximum atomic E-state index is 5.99. The van der Waals surface area contributed by atoms with Crippen LogP contribution >= 0.6 is 22.9 Å². The molecule has 4 rings (SSSR count). The van der Waals surface area contributed by atoms with Crippen molar-refractivity contribution in [3.8, 4) is 21.0 Å². The molecule has 0 spiro atoms. The summed E-state index contributed by atoms with van der Waals surface area (Å²) in [5.74, 6) is 0. The number of benzene rings is 3. The minimum Gasteiger partial charge on any atom is -0.241 e. The number of nitrogens with zero attached hydrogens (tertiary/aromatic N) is 1. The molecule has 0 unspecified atom stereocenters. The van der Waals surface area contributed by atoms with Crippen molar-refractivity contribution in [2.45, 2.75) is 6.92 Å². The van der Waals surface area contributed by atoms with Crippen LogP contribution < -0.4 is 0 Å². The molecule has 0 N–H and O–H groups in total. The van der Waals surface area contributed by atoms with E-state index in [0.717, 1.165) is 21.3 Å². The molecule has 0 amide bonds. The lowest BCUT2D eigenvalue weighted by atomic mass is 10.1. The van der Waals surface area contributed by atoms with Crippen LogP contribution in [0.15, 0.2) is 66.7 Å². The van der Waals surface area contributed by atoms with Crippen LogP contribution in [0.4, 0.5) is 0 Å². The Bertz CT molecular complexity index is 981. The number of thiazole rings is 1. The third kappa shape index (κ3) is 2.65.